The van der Waals surface area contributed by atoms with Crippen molar-refractivity contribution >= 4 is 39.6 Å². The number of benzene rings is 3. The molecule has 0 aliphatic rings. The van der Waals surface area contributed by atoms with E-state index in [9.17, 15) is 9.59 Å². The fourth-order valence-corrected chi connectivity index (χ4v) is 2.69. The van der Waals surface area contributed by atoms with E-state index < -0.39 is 5.97 Å². The Morgan fingerprint density at radius 2 is 1.42 bits per heavy atom. The van der Waals surface area contributed by atoms with Crippen molar-refractivity contribution in [2.24, 2.45) is 0 Å². The summed E-state index contributed by atoms with van der Waals surface area (Å²) >= 11 is 0. The van der Waals surface area contributed by atoms with Gasteiger partial charge < -0.3 is 10.4 Å². The van der Waals surface area contributed by atoms with Crippen LogP contribution in [-0.4, -0.2) is 27.0 Å². The SMILES string of the molecule is O=C(O)c1cccc(NC(=O)c2ccc3nc4ccccc4nc3c2)c1. The molecule has 0 fully saturated rings. The van der Waals surface area contributed by atoms with Gasteiger partial charge in [-0.25, -0.2) is 14.8 Å². The van der Waals surface area contributed by atoms with Gasteiger partial charge in [0, 0.05) is 11.3 Å². The number of para-hydroxylation sites is 2. The van der Waals surface area contributed by atoms with E-state index in [1.54, 1.807) is 30.3 Å². The molecule has 6 heteroatoms. The van der Waals surface area contributed by atoms with E-state index in [1.807, 2.05) is 24.3 Å². The number of carboxylic acids is 1. The zero-order valence-corrected chi connectivity index (χ0v) is 13.5. The molecule has 0 spiro atoms. The minimum absolute atomic E-state index is 0.110. The zero-order chi connectivity index (χ0) is 18.1. The summed E-state index contributed by atoms with van der Waals surface area (Å²) in [5, 5.41) is 11.7. The summed E-state index contributed by atoms with van der Waals surface area (Å²) in [4.78, 5) is 32.6. The Morgan fingerprint density at radius 3 is 2.15 bits per heavy atom. The predicted octanol–water partition coefficient (Wildman–Crippen LogP) is 3.73. The first-order chi connectivity index (χ1) is 12.6. The second kappa shape index (κ2) is 6.25. The molecule has 26 heavy (non-hydrogen) atoms. The van der Waals surface area contributed by atoms with Gasteiger partial charge in [0.1, 0.15) is 0 Å². The molecule has 1 aromatic heterocycles. The van der Waals surface area contributed by atoms with Crippen LogP contribution < -0.4 is 5.32 Å². The van der Waals surface area contributed by atoms with E-state index in [-0.39, 0.29) is 11.5 Å². The maximum absolute atomic E-state index is 12.5. The quantitative estimate of drug-likeness (QED) is 0.553. The summed E-state index contributed by atoms with van der Waals surface area (Å²) in [5.74, 6) is -1.39. The van der Waals surface area contributed by atoms with Crippen molar-refractivity contribution in [3.63, 3.8) is 0 Å². The van der Waals surface area contributed by atoms with Crippen LogP contribution in [0, 0.1) is 0 Å². The van der Waals surface area contributed by atoms with Crippen molar-refractivity contribution in [1.82, 2.24) is 9.97 Å². The van der Waals surface area contributed by atoms with Crippen molar-refractivity contribution in [3.05, 3.63) is 77.9 Å². The average molecular weight is 343 g/mol. The number of anilines is 1. The number of carbonyl (C=O) groups is 2. The van der Waals surface area contributed by atoms with E-state index in [0.29, 0.717) is 22.3 Å². The standard InChI is InChI=1S/C20H13N3O3/c24-19(21-14-5-3-4-13(10-14)20(25)26)12-8-9-17-18(11-12)23-16-7-2-1-6-15(16)22-17/h1-11H,(H,21,24)(H,25,26). The Balaban J connectivity index is 1.67. The number of hydrogen-bond acceptors (Lipinski definition) is 4. The van der Waals surface area contributed by atoms with Crippen molar-refractivity contribution in [1.29, 1.82) is 0 Å². The Morgan fingerprint density at radius 1 is 0.731 bits per heavy atom. The molecule has 4 rings (SSSR count). The fourth-order valence-electron chi connectivity index (χ4n) is 2.69. The Kier molecular flexibility index (Phi) is 3.78. The number of nitrogens with zero attached hydrogens (tertiary/aromatic N) is 2. The number of rotatable bonds is 3. The van der Waals surface area contributed by atoms with Crippen molar-refractivity contribution < 1.29 is 14.7 Å². The second-order valence-electron chi connectivity index (χ2n) is 5.76. The highest BCUT2D eigenvalue weighted by Gasteiger charge is 2.10. The maximum Gasteiger partial charge on any atom is 0.335 e. The first kappa shape index (κ1) is 15.7. The number of hydrogen-bond donors (Lipinski definition) is 2. The van der Waals surface area contributed by atoms with E-state index >= 15 is 0 Å². The average Bonchev–Trinajstić information content (AvgIpc) is 2.66. The van der Waals surface area contributed by atoms with Gasteiger partial charge >= 0.3 is 5.97 Å². The number of aromatic carboxylic acids is 1. The molecule has 2 N–H and O–H groups in total. The highest BCUT2D eigenvalue weighted by atomic mass is 16.4. The number of fused-ring (bicyclic) bond motifs is 2. The number of carbonyl (C=O) groups excluding carboxylic acids is 1. The van der Waals surface area contributed by atoms with Crippen molar-refractivity contribution in [2.45, 2.75) is 0 Å². The summed E-state index contributed by atoms with van der Waals surface area (Å²) in [6.45, 7) is 0. The van der Waals surface area contributed by atoms with Crippen LogP contribution in [0.5, 0.6) is 0 Å². The van der Waals surface area contributed by atoms with Crippen molar-refractivity contribution in [3.8, 4) is 0 Å². The Labute approximate surface area is 148 Å². The van der Waals surface area contributed by atoms with Crippen LogP contribution in [0.2, 0.25) is 0 Å². The maximum atomic E-state index is 12.5. The summed E-state index contributed by atoms with van der Waals surface area (Å²) in [6.07, 6.45) is 0. The molecule has 1 heterocycles. The lowest BCUT2D eigenvalue weighted by atomic mass is 10.1. The topological polar surface area (TPSA) is 92.2 Å². The lowest BCUT2D eigenvalue weighted by Gasteiger charge is -2.07. The highest BCUT2D eigenvalue weighted by molar-refractivity contribution is 6.06. The summed E-state index contributed by atoms with van der Waals surface area (Å²) in [7, 11) is 0. The molecule has 0 aliphatic carbocycles. The van der Waals surface area contributed by atoms with Gasteiger partial charge in [0.05, 0.1) is 27.6 Å². The molecule has 1 amide bonds. The number of carboxylic acid groups (broad SMARTS) is 1. The first-order valence-corrected chi connectivity index (χ1v) is 7.91. The third-order valence-corrected chi connectivity index (χ3v) is 3.97. The summed E-state index contributed by atoms with van der Waals surface area (Å²) in [6, 6.07) is 18.7. The van der Waals surface area contributed by atoms with Gasteiger partial charge in [-0.3, -0.25) is 4.79 Å². The minimum atomic E-state index is -1.05. The molecule has 0 atom stereocenters. The molecule has 3 aromatic carbocycles. The van der Waals surface area contributed by atoms with Crippen LogP contribution >= 0.6 is 0 Å². The third kappa shape index (κ3) is 2.95. The molecular weight excluding hydrogens is 330 g/mol. The van der Waals surface area contributed by atoms with Gasteiger partial charge in [0.25, 0.3) is 5.91 Å². The second-order valence-corrected chi connectivity index (χ2v) is 5.76. The monoisotopic (exact) mass is 343 g/mol. The molecule has 0 unspecified atom stereocenters. The fraction of sp³-hybridized carbons (Fsp3) is 0. The Hall–Kier alpha value is -3.80. The molecular formula is C20H13N3O3. The van der Waals surface area contributed by atoms with Crippen LogP contribution in [0.25, 0.3) is 22.1 Å². The molecule has 126 valence electrons. The van der Waals surface area contributed by atoms with Crippen LogP contribution in [0.4, 0.5) is 5.69 Å². The van der Waals surface area contributed by atoms with Crippen LogP contribution in [0.1, 0.15) is 20.7 Å². The third-order valence-electron chi connectivity index (χ3n) is 3.97. The predicted molar refractivity (Wildman–Crippen MR) is 98.4 cm³/mol. The molecule has 4 aromatic rings. The van der Waals surface area contributed by atoms with Gasteiger partial charge in [0.2, 0.25) is 0 Å². The number of aromatic nitrogens is 2. The largest absolute Gasteiger partial charge is 0.478 e. The minimum Gasteiger partial charge on any atom is -0.478 e. The Bertz CT molecular complexity index is 1170. The van der Waals surface area contributed by atoms with E-state index in [2.05, 4.69) is 15.3 Å². The summed E-state index contributed by atoms with van der Waals surface area (Å²) < 4.78 is 0. The normalized spacial score (nSPS) is 10.8. The van der Waals surface area contributed by atoms with Gasteiger partial charge in [-0.2, -0.15) is 0 Å². The molecule has 0 aliphatic heterocycles. The molecule has 0 radical (unpaired) electrons. The molecule has 6 nitrogen and oxygen atoms in total. The van der Waals surface area contributed by atoms with E-state index in [1.165, 1.54) is 12.1 Å². The lowest BCUT2D eigenvalue weighted by Crippen LogP contribution is -2.12. The summed E-state index contributed by atoms with van der Waals surface area (Å²) in [5.41, 5.74) is 3.82. The van der Waals surface area contributed by atoms with Gasteiger partial charge in [-0.05, 0) is 48.5 Å². The number of amides is 1. The van der Waals surface area contributed by atoms with Crippen LogP contribution in [0.15, 0.2) is 66.7 Å². The van der Waals surface area contributed by atoms with Crippen LogP contribution in [-0.2, 0) is 0 Å². The first-order valence-electron chi connectivity index (χ1n) is 7.91. The van der Waals surface area contributed by atoms with Crippen molar-refractivity contribution in [2.75, 3.05) is 5.32 Å². The molecule has 0 saturated heterocycles. The van der Waals surface area contributed by atoms with Crippen LogP contribution in [0.3, 0.4) is 0 Å². The lowest BCUT2D eigenvalue weighted by molar-refractivity contribution is 0.0696. The van der Waals surface area contributed by atoms with Gasteiger partial charge in [-0.15, -0.1) is 0 Å². The molecule has 0 saturated carbocycles. The molecule has 0 bridgehead atoms. The van der Waals surface area contributed by atoms with E-state index in [0.717, 1.165) is 11.0 Å². The number of nitrogens with one attached hydrogen (secondary N) is 1. The van der Waals surface area contributed by atoms with Gasteiger partial charge in [0.15, 0.2) is 0 Å². The van der Waals surface area contributed by atoms with Gasteiger partial charge in [-0.1, -0.05) is 18.2 Å². The smallest absolute Gasteiger partial charge is 0.335 e. The highest BCUT2D eigenvalue weighted by Crippen LogP contribution is 2.18. The zero-order valence-electron chi connectivity index (χ0n) is 13.5. The van der Waals surface area contributed by atoms with E-state index in [4.69, 9.17) is 5.11 Å².